The number of nitrogens with one attached hydrogen (secondary N) is 1. The van der Waals surface area contributed by atoms with E-state index < -0.39 is 16.9 Å². The topological polar surface area (TPSA) is 110 Å². The average Bonchev–Trinajstić information content (AvgIpc) is 3.22. The monoisotopic (exact) mass is 396 g/mol. The zero-order chi connectivity index (χ0) is 20.5. The molecule has 1 atom stereocenters. The largest absolute Gasteiger partial charge is 0.384 e. The van der Waals surface area contributed by atoms with E-state index in [0.29, 0.717) is 17.9 Å². The summed E-state index contributed by atoms with van der Waals surface area (Å²) < 4.78 is 1.60. The summed E-state index contributed by atoms with van der Waals surface area (Å²) in [5.74, 6) is 5.20. The van der Waals surface area contributed by atoms with Crippen LogP contribution in [0.2, 0.25) is 0 Å². The molecular formula is C20H20N4O3S. The van der Waals surface area contributed by atoms with Crippen molar-refractivity contribution in [2.45, 2.75) is 26.0 Å². The van der Waals surface area contributed by atoms with Crippen LogP contribution < -0.4 is 16.5 Å². The molecule has 144 valence electrons. The number of aromatic nitrogens is 2. The number of nitrogens with zero attached hydrogens (tertiary/aromatic N) is 2. The Balaban J connectivity index is 2.17. The smallest absolute Gasteiger partial charge is 0.258 e. The molecule has 0 spiro atoms. The molecule has 0 aliphatic heterocycles. The van der Waals surface area contributed by atoms with Gasteiger partial charge < -0.3 is 20.7 Å². The molecule has 0 radical (unpaired) electrons. The van der Waals surface area contributed by atoms with Crippen molar-refractivity contribution < 1.29 is 9.90 Å². The minimum atomic E-state index is -1.31. The number of fused-ring (bicyclic) bond motifs is 1. The van der Waals surface area contributed by atoms with Crippen molar-refractivity contribution in [3.8, 4) is 11.8 Å². The molecule has 0 bridgehead atoms. The van der Waals surface area contributed by atoms with E-state index in [2.05, 4.69) is 22.1 Å². The number of nitrogen functional groups attached to an aromatic ring is 1. The lowest BCUT2D eigenvalue weighted by molar-refractivity contribution is 0.0962. The maximum atomic E-state index is 12.7. The normalized spacial score (nSPS) is 12.9. The highest BCUT2D eigenvalue weighted by Crippen LogP contribution is 2.24. The first-order valence-corrected chi connectivity index (χ1v) is 9.52. The molecule has 3 rings (SSSR count). The van der Waals surface area contributed by atoms with Crippen LogP contribution in [-0.2, 0) is 12.1 Å². The van der Waals surface area contributed by atoms with Gasteiger partial charge in [0.15, 0.2) is 5.60 Å². The lowest BCUT2D eigenvalue weighted by Crippen LogP contribution is -2.30. The second kappa shape index (κ2) is 7.46. The molecule has 1 amide bonds. The quantitative estimate of drug-likeness (QED) is 0.584. The van der Waals surface area contributed by atoms with Gasteiger partial charge in [-0.1, -0.05) is 12.0 Å². The maximum absolute atomic E-state index is 12.7. The summed E-state index contributed by atoms with van der Waals surface area (Å²) in [7, 11) is 1.44. The minimum absolute atomic E-state index is 0.0579. The maximum Gasteiger partial charge on any atom is 0.258 e. The highest BCUT2D eigenvalue weighted by molar-refractivity contribution is 7.10. The minimum Gasteiger partial charge on any atom is -0.384 e. The highest BCUT2D eigenvalue weighted by atomic mass is 32.1. The summed E-state index contributed by atoms with van der Waals surface area (Å²) >= 11 is 1.41. The fourth-order valence-corrected chi connectivity index (χ4v) is 3.61. The van der Waals surface area contributed by atoms with Gasteiger partial charge in [0.25, 0.3) is 5.91 Å². The van der Waals surface area contributed by atoms with Crippen molar-refractivity contribution in [3.05, 3.63) is 56.0 Å². The van der Waals surface area contributed by atoms with Gasteiger partial charge in [-0.05, 0) is 43.3 Å². The van der Waals surface area contributed by atoms with Gasteiger partial charge in [0, 0.05) is 18.5 Å². The Morgan fingerprint density at radius 1 is 1.43 bits per heavy atom. The molecule has 7 nitrogen and oxygen atoms in total. The number of hydrogen-bond donors (Lipinski definition) is 3. The molecular weight excluding hydrogens is 376 g/mol. The summed E-state index contributed by atoms with van der Waals surface area (Å²) in [4.78, 5) is 30.0. The Labute approximate surface area is 165 Å². The number of rotatable bonds is 3. The van der Waals surface area contributed by atoms with Gasteiger partial charge in [0.1, 0.15) is 22.7 Å². The molecule has 1 unspecified atom stereocenters. The van der Waals surface area contributed by atoms with Crippen molar-refractivity contribution in [3.63, 3.8) is 0 Å². The molecule has 3 heterocycles. The lowest BCUT2D eigenvalue weighted by Gasteiger charge is -2.15. The van der Waals surface area contributed by atoms with Gasteiger partial charge in [-0.15, -0.1) is 11.3 Å². The van der Waals surface area contributed by atoms with Crippen molar-refractivity contribution in [2.75, 3.05) is 12.8 Å². The van der Waals surface area contributed by atoms with Crippen LogP contribution in [0.1, 0.15) is 34.8 Å². The molecule has 8 heteroatoms. The van der Waals surface area contributed by atoms with E-state index in [0.717, 1.165) is 4.88 Å². The molecule has 28 heavy (non-hydrogen) atoms. The molecule has 0 aliphatic rings. The first-order chi connectivity index (χ1) is 13.3. The van der Waals surface area contributed by atoms with Crippen LogP contribution in [-0.4, -0.2) is 27.6 Å². The van der Waals surface area contributed by atoms with Crippen LogP contribution in [0, 0.1) is 11.8 Å². The zero-order valence-electron chi connectivity index (χ0n) is 15.7. The summed E-state index contributed by atoms with van der Waals surface area (Å²) in [6, 6.07) is 6.82. The van der Waals surface area contributed by atoms with E-state index in [1.54, 1.807) is 23.6 Å². The Kier molecular flexibility index (Phi) is 5.23. The first kappa shape index (κ1) is 19.6. The number of carbonyl (C=O) groups is 1. The molecule has 0 fully saturated rings. The van der Waals surface area contributed by atoms with E-state index >= 15 is 0 Å². The third-order valence-electron chi connectivity index (χ3n) is 4.35. The summed E-state index contributed by atoms with van der Waals surface area (Å²) in [6.45, 7) is 3.88. The number of thiophene rings is 1. The molecule has 3 aromatic heterocycles. The van der Waals surface area contributed by atoms with E-state index in [1.807, 2.05) is 24.4 Å². The average molecular weight is 396 g/mol. The summed E-state index contributed by atoms with van der Waals surface area (Å²) in [5, 5.41) is 15.1. The Bertz CT molecular complexity index is 1170. The van der Waals surface area contributed by atoms with Crippen molar-refractivity contribution in [2.24, 2.45) is 0 Å². The van der Waals surface area contributed by atoms with E-state index in [4.69, 9.17) is 5.73 Å². The molecule has 0 saturated carbocycles. The summed E-state index contributed by atoms with van der Waals surface area (Å²) in [5.41, 5.74) is 4.93. The van der Waals surface area contributed by atoms with E-state index in [1.165, 1.54) is 18.4 Å². The number of anilines is 1. The summed E-state index contributed by atoms with van der Waals surface area (Å²) in [6.07, 6.45) is 0. The van der Waals surface area contributed by atoms with Gasteiger partial charge >= 0.3 is 0 Å². The lowest BCUT2D eigenvalue weighted by atomic mass is 10.1. The van der Waals surface area contributed by atoms with Crippen LogP contribution in [0.3, 0.4) is 0 Å². The number of hydrogen-bond acceptors (Lipinski definition) is 6. The zero-order valence-corrected chi connectivity index (χ0v) is 16.6. The third-order valence-corrected chi connectivity index (χ3v) is 5.44. The van der Waals surface area contributed by atoms with Crippen LogP contribution >= 0.6 is 11.3 Å². The van der Waals surface area contributed by atoms with Gasteiger partial charge in [-0.2, -0.15) is 0 Å². The fourth-order valence-electron chi connectivity index (χ4n) is 2.87. The number of amides is 1. The van der Waals surface area contributed by atoms with Gasteiger partial charge in [-0.3, -0.25) is 9.59 Å². The number of aliphatic hydroxyl groups is 1. The fraction of sp³-hybridized carbons (Fsp3) is 0.250. The van der Waals surface area contributed by atoms with Gasteiger partial charge in [0.2, 0.25) is 5.43 Å². The SMILES string of the molecule is CCn1c(N)c(C(=O)NC)c(=O)c2ccc(C#CC(C)(O)c3cccs3)nc21. The van der Waals surface area contributed by atoms with Crippen molar-refractivity contribution in [1.82, 2.24) is 14.9 Å². The molecule has 0 aliphatic carbocycles. The molecule has 0 saturated heterocycles. The molecule has 0 aromatic carbocycles. The van der Waals surface area contributed by atoms with Crippen molar-refractivity contribution in [1.29, 1.82) is 0 Å². The third kappa shape index (κ3) is 3.38. The predicted octanol–water partition coefficient (Wildman–Crippen LogP) is 1.68. The van der Waals surface area contributed by atoms with Gasteiger partial charge in [-0.25, -0.2) is 4.98 Å². The Hall–Kier alpha value is -3.15. The second-order valence-electron chi connectivity index (χ2n) is 6.28. The van der Waals surface area contributed by atoms with Crippen LogP contribution in [0.15, 0.2) is 34.4 Å². The first-order valence-electron chi connectivity index (χ1n) is 8.64. The van der Waals surface area contributed by atoms with Crippen LogP contribution in [0.25, 0.3) is 11.0 Å². The molecule has 4 N–H and O–H groups in total. The van der Waals surface area contributed by atoms with Crippen molar-refractivity contribution >= 4 is 34.1 Å². The Morgan fingerprint density at radius 3 is 2.79 bits per heavy atom. The van der Waals surface area contributed by atoms with E-state index in [-0.39, 0.29) is 16.8 Å². The number of aryl methyl sites for hydroxylation is 1. The molecule has 3 aromatic rings. The van der Waals surface area contributed by atoms with Crippen LogP contribution in [0.5, 0.6) is 0 Å². The predicted molar refractivity (Wildman–Crippen MR) is 110 cm³/mol. The number of nitrogens with two attached hydrogens (primary N) is 1. The standard InChI is InChI=1S/C20H20N4O3S/c1-4-24-17(21)15(19(26)22-3)16(25)13-8-7-12(23-18(13)24)9-10-20(2,27)14-6-5-11-28-14/h5-8,11,27H,4,21H2,1-3H3,(H,22,26). The Morgan fingerprint density at radius 2 is 2.18 bits per heavy atom. The van der Waals surface area contributed by atoms with Gasteiger partial charge in [0.05, 0.1) is 5.39 Å². The van der Waals surface area contributed by atoms with E-state index in [9.17, 15) is 14.7 Å². The number of pyridine rings is 2. The highest BCUT2D eigenvalue weighted by Gasteiger charge is 2.22. The second-order valence-corrected chi connectivity index (χ2v) is 7.23. The van der Waals surface area contributed by atoms with Crippen LogP contribution in [0.4, 0.5) is 5.82 Å². The number of carbonyl (C=O) groups excluding carboxylic acids is 1.